The second-order valence-corrected chi connectivity index (χ2v) is 4.59. The molecule has 17 heavy (non-hydrogen) atoms. The van der Waals surface area contributed by atoms with Crippen LogP contribution in [0.15, 0.2) is 30.3 Å². The highest BCUT2D eigenvalue weighted by molar-refractivity contribution is 5.83. The van der Waals surface area contributed by atoms with Crippen molar-refractivity contribution in [2.45, 2.75) is 32.4 Å². The molecule has 0 aliphatic heterocycles. The summed E-state index contributed by atoms with van der Waals surface area (Å²) in [6, 6.07) is 9.86. The molecular formula is C14H22N2O. The fourth-order valence-electron chi connectivity index (χ4n) is 1.74. The highest BCUT2D eigenvalue weighted by atomic mass is 16.2. The molecular weight excluding hydrogens is 212 g/mol. The minimum Gasteiger partial charge on any atom is -0.352 e. The average molecular weight is 234 g/mol. The van der Waals surface area contributed by atoms with Crippen molar-refractivity contribution in [3.05, 3.63) is 35.9 Å². The van der Waals surface area contributed by atoms with Gasteiger partial charge >= 0.3 is 0 Å². The Bertz CT molecular complexity index is 348. The van der Waals surface area contributed by atoms with Crippen molar-refractivity contribution < 1.29 is 4.79 Å². The Hall–Kier alpha value is -1.35. The van der Waals surface area contributed by atoms with Crippen LogP contribution in [0, 0.1) is 0 Å². The van der Waals surface area contributed by atoms with E-state index < -0.39 is 0 Å². The number of nitrogens with one attached hydrogen (secondary N) is 1. The van der Waals surface area contributed by atoms with E-state index in [4.69, 9.17) is 0 Å². The summed E-state index contributed by atoms with van der Waals surface area (Å²) >= 11 is 0. The van der Waals surface area contributed by atoms with Gasteiger partial charge in [-0.25, -0.2) is 0 Å². The molecule has 94 valence electrons. The smallest absolute Gasteiger partial charge is 0.242 e. The van der Waals surface area contributed by atoms with Crippen LogP contribution in [0.2, 0.25) is 0 Å². The third-order valence-electron chi connectivity index (χ3n) is 2.88. The number of carbonyl (C=O) groups excluding carboxylic acids is 1. The van der Waals surface area contributed by atoms with E-state index in [-0.39, 0.29) is 18.0 Å². The predicted octanol–water partition coefficient (Wildman–Crippen LogP) is 2.20. The van der Waals surface area contributed by atoms with Crippen molar-refractivity contribution >= 4 is 5.91 Å². The first-order chi connectivity index (χ1) is 8.06. The standard InChI is InChI=1S/C14H22N2O/c1-5-11(2)15-14(17)13(16(3)4)12-9-7-6-8-10-12/h6-11,13H,5H2,1-4H3,(H,15,17). The second-order valence-electron chi connectivity index (χ2n) is 4.59. The normalized spacial score (nSPS) is 14.4. The third kappa shape index (κ3) is 3.86. The molecule has 0 saturated carbocycles. The van der Waals surface area contributed by atoms with E-state index in [0.717, 1.165) is 12.0 Å². The molecule has 0 aliphatic carbocycles. The third-order valence-corrected chi connectivity index (χ3v) is 2.88. The van der Waals surface area contributed by atoms with Crippen LogP contribution in [0.4, 0.5) is 0 Å². The lowest BCUT2D eigenvalue weighted by Gasteiger charge is -2.25. The highest BCUT2D eigenvalue weighted by Gasteiger charge is 2.23. The monoisotopic (exact) mass is 234 g/mol. The van der Waals surface area contributed by atoms with Crippen molar-refractivity contribution in [2.24, 2.45) is 0 Å². The maximum absolute atomic E-state index is 12.2. The van der Waals surface area contributed by atoms with Gasteiger partial charge in [0.05, 0.1) is 0 Å². The van der Waals surface area contributed by atoms with Gasteiger partial charge in [-0.05, 0) is 33.0 Å². The number of nitrogens with zero attached hydrogens (tertiary/aromatic N) is 1. The van der Waals surface area contributed by atoms with Gasteiger partial charge in [-0.3, -0.25) is 9.69 Å². The number of hydrogen-bond acceptors (Lipinski definition) is 2. The van der Waals surface area contributed by atoms with E-state index in [1.54, 1.807) is 0 Å². The minimum atomic E-state index is -0.217. The molecule has 0 spiro atoms. The summed E-state index contributed by atoms with van der Waals surface area (Å²) < 4.78 is 0. The first kappa shape index (κ1) is 13.7. The SMILES string of the molecule is CCC(C)NC(=O)C(c1ccccc1)N(C)C. The molecule has 1 amide bonds. The molecule has 0 radical (unpaired) electrons. The molecule has 2 atom stereocenters. The highest BCUT2D eigenvalue weighted by Crippen LogP contribution is 2.18. The predicted molar refractivity (Wildman–Crippen MR) is 70.8 cm³/mol. The van der Waals surface area contributed by atoms with Crippen molar-refractivity contribution in [3.8, 4) is 0 Å². The summed E-state index contributed by atoms with van der Waals surface area (Å²) in [6.07, 6.45) is 0.945. The summed E-state index contributed by atoms with van der Waals surface area (Å²) in [7, 11) is 3.85. The van der Waals surface area contributed by atoms with Gasteiger partial charge in [0, 0.05) is 6.04 Å². The van der Waals surface area contributed by atoms with E-state index in [2.05, 4.69) is 12.2 Å². The number of rotatable bonds is 5. The van der Waals surface area contributed by atoms with E-state index in [9.17, 15) is 4.79 Å². The molecule has 0 aliphatic rings. The van der Waals surface area contributed by atoms with Crippen LogP contribution in [0.3, 0.4) is 0 Å². The van der Waals surface area contributed by atoms with Gasteiger partial charge in [0.25, 0.3) is 0 Å². The summed E-state index contributed by atoms with van der Waals surface area (Å²) in [6.45, 7) is 4.09. The summed E-state index contributed by atoms with van der Waals surface area (Å²) in [5, 5.41) is 3.03. The van der Waals surface area contributed by atoms with Crippen LogP contribution < -0.4 is 5.32 Å². The fraction of sp³-hybridized carbons (Fsp3) is 0.500. The van der Waals surface area contributed by atoms with Crippen molar-refractivity contribution in [2.75, 3.05) is 14.1 Å². The molecule has 1 rings (SSSR count). The molecule has 3 nitrogen and oxygen atoms in total. The Labute approximate surface area is 104 Å². The number of benzene rings is 1. The maximum atomic E-state index is 12.2. The first-order valence-corrected chi connectivity index (χ1v) is 6.08. The molecule has 1 N–H and O–H groups in total. The van der Waals surface area contributed by atoms with Gasteiger partial charge in [0.2, 0.25) is 5.91 Å². The van der Waals surface area contributed by atoms with Gasteiger partial charge < -0.3 is 5.32 Å². The van der Waals surface area contributed by atoms with Crippen LogP contribution in [0.25, 0.3) is 0 Å². The maximum Gasteiger partial charge on any atom is 0.242 e. The quantitative estimate of drug-likeness (QED) is 0.847. The zero-order chi connectivity index (χ0) is 12.8. The zero-order valence-electron chi connectivity index (χ0n) is 11.1. The Morgan fingerprint density at radius 3 is 2.35 bits per heavy atom. The first-order valence-electron chi connectivity index (χ1n) is 6.08. The zero-order valence-corrected chi connectivity index (χ0v) is 11.1. The minimum absolute atomic E-state index is 0.0653. The van der Waals surface area contributed by atoms with Gasteiger partial charge in [-0.1, -0.05) is 37.3 Å². The van der Waals surface area contributed by atoms with Crippen LogP contribution in [0.1, 0.15) is 31.9 Å². The van der Waals surface area contributed by atoms with Gasteiger partial charge in [-0.2, -0.15) is 0 Å². The Kier molecular flexibility index (Phi) is 5.16. The van der Waals surface area contributed by atoms with Crippen molar-refractivity contribution in [1.29, 1.82) is 0 Å². The fourth-order valence-corrected chi connectivity index (χ4v) is 1.74. The molecule has 2 unspecified atom stereocenters. The summed E-state index contributed by atoms with van der Waals surface area (Å²) in [4.78, 5) is 14.1. The number of amides is 1. The molecule has 0 fully saturated rings. The molecule has 0 aromatic heterocycles. The number of carbonyl (C=O) groups is 1. The van der Waals surface area contributed by atoms with E-state index in [1.165, 1.54) is 0 Å². The van der Waals surface area contributed by atoms with Gasteiger partial charge in [-0.15, -0.1) is 0 Å². The van der Waals surface area contributed by atoms with Crippen LogP contribution in [-0.4, -0.2) is 30.9 Å². The second kappa shape index (κ2) is 6.40. The average Bonchev–Trinajstić information content (AvgIpc) is 2.29. The summed E-state index contributed by atoms with van der Waals surface area (Å²) in [5.41, 5.74) is 1.03. The largest absolute Gasteiger partial charge is 0.352 e. The molecule has 0 saturated heterocycles. The Morgan fingerprint density at radius 2 is 1.88 bits per heavy atom. The van der Waals surface area contributed by atoms with Crippen molar-refractivity contribution in [3.63, 3.8) is 0 Å². The molecule has 0 heterocycles. The van der Waals surface area contributed by atoms with Crippen LogP contribution in [0.5, 0.6) is 0 Å². The summed E-state index contributed by atoms with van der Waals surface area (Å²) in [5.74, 6) is 0.0653. The van der Waals surface area contributed by atoms with E-state index in [0.29, 0.717) is 0 Å². The Balaban J connectivity index is 2.84. The van der Waals surface area contributed by atoms with Crippen molar-refractivity contribution in [1.82, 2.24) is 10.2 Å². The van der Waals surface area contributed by atoms with Crippen LogP contribution >= 0.6 is 0 Å². The van der Waals surface area contributed by atoms with Crippen LogP contribution in [-0.2, 0) is 4.79 Å². The molecule has 1 aromatic rings. The number of likely N-dealkylation sites (N-methyl/N-ethyl adjacent to an activating group) is 1. The molecule has 1 aromatic carbocycles. The lowest BCUT2D eigenvalue weighted by atomic mass is 10.0. The van der Waals surface area contributed by atoms with Gasteiger partial charge in [0.1, 0.15) is 6.04 Å². The number of hydrogen-bond donors (Lipinski definition) is 1. The Morgan fingerprint density at radius 1 is 1.29 bits per heavy atom. The van der Waals surface area contributed by atoms with Gasteiger partial charge in [0.15, 0.2) is 0 Å². The lowest BCUT2D eigenvalue weighted by Crippen LogP contribution is -2.41. The van der Waals surface area contributed by atoms with E-state index in [1.807, 2.05) is 56.3 Å². The molecule has 0 bridgehead atoms. The van der Waals surface area contributed by atoms with E-state index >= 15 is 0 Å². The molecule has 3 heteroatoms. The topological polar surface area (TPSA) is 32.3 Å². The lowest BCUT2D eigenvalue weighted by molar-refractivity contribution is -0.126.